The molecular weight excluding hydrogens is 264 g/mol. The summed E-state index contributed by atoms with van der Waals surface area (Å²) < 4.78 is 11.0. The van der Waals surface area contributed by atoms with Crippen molar-refractivity contribution in [3.8, 4) is 11.5 Å². The van der Waals surface area contributed by atoms with Gasteiger partial charge >= 0.3 is 0 Å². The molecular formula is C15H13ClO3. The summed E-state index contributed by atoms with van der Waals surface area (Å²) >= 11 is 6.21. The molecule has 3 rings (SSSR count). The van der Waals surface area contributed by atoms with Gasteiger partial charge in [-0.05, 0) is 11.6 Å². The van der Waals surface area contributed by atoms with E-state index in [9.17, 15) is 5.11 Å². The fourth-order valence-electron chi connectivity index (χ4n) is 2.10. The van der Waals surface area contributed by atoms with Crippen LogP contribution in [0.15, 0.2) is 42.5 Å². The Morgan fingerprint density at radius 2 is 1.63 bits per heavy atom. The Morgan fingerprint density at radius 1 is 1.00 bits per heavy atom. The summed E-state index contributed by atoms with van der Waals surface area (Å²) in [7, 11) is 0. The van der Waals surface area contributed by atoms with Crippen LogP contribution < -0.4 is 9.47 Å². The molecule has 3 nitrogen and oxygen atoms in total. The first kappa shape index (κ1) is 12.3. The molecule has 0 fully saturated rings. The number of fused-ring (bicyclic) bond motifs is 1. The van der Waals surface area contributed by atoms with Crippen molar-refractivity contribution in [1.82, 2.24) is 0 Å². The van der Waals surface area contributed by atoms with E-state index in [-0.39, 0.29) is 0 Å². The highest BCUT2D eigenvalue weighted by Crippen LogP contribution is 2.39. The zero-order valence-electron chi connectivity index (χ0n) is 10.2. The molecule has 0 saturated carbocycles. The lowest BCUT2D eigenvalue weighted by Gasteiger charge is -2.21. The monoisotopic (exact) mass is 276 g/mol. The molecule has 1 aliphatic heterocycles. The van der Waals surface area contributed by atoms with Gasteiger partial charge in [-0.3, -0.25) is 0 Å². The van der Waals surface area contributed by atoms with Crippen LogP contribution in [0, 0.1) is 0 Å². The molecule has 98 valence electrons. The largest absolute Gasteiger partial charge is 0.486 e. The van der Waals surface area contributed by atoms with E-state index in [0.717, 1.165) is 5.56 Å². The van der Waals surface area contributed by atoms with Gasteiger partial charge in [0.2, 0.25) is 0 Å². The third-order valence-corrected chi connectivity index (χ3v) is 3.40. The van der Waals surface area contributed by atoms with Crippen LogP contribution in [-0.2, 0) is 0 Å². The van der Waals surface area contributed by atoms with Gasteiger partial charge in [-0.25, -0.2) is 0 Å². The lowest BCUT2D eigenvalue weighted by molar-refractivity contribution is 0.169. The molecule has 0 saturated heterocycles. The van der Waals surface area contributed by atoms with Gasteiger partial charge in [-0.15, -0.1) is 0 Å². The number of ether oxygens (including phenoxy) is 2. The Bertz CT molecular complexity index is 583. The smallest absolute Gasteiger partial charge is 0.162 e. The van der Waals surface area contributed by atoms with Crippen LogP contribution in [0.3, 0.4) is 0 Å². The van der Waals surface area contributed by atoms with Crippen molar-refractivity contribution >= 4 is 11.6 Å². The van der Waals surface area contributed by atoms with Gasteiger partial charge in [0.1, 0.15) is 19.3 Å². The number of benzene rings is 2. The number of hydrogen-bond acceptors (Lipinski definition) is 3. The Balaban J connectivity index is 2.01. The fraction of sp³-hybridized carbons (Fsp3) is 0.200. The van der Waals surface area contributed by atoms with Crippen LogP contribution in [0.25, 0.3) is 0 Å². The minimum absolute atomic E-state index is 0.473. The van der Waals surface area contributed by atoms with E-state index >= 15 is 0 Å². The van der Waals surface area contributed by atoms with E-state index in [1.807, 2.05) is 30.3 Å². The van der Waals surface area contributed by atoms with Crippen LogP contribution in [-0.4, -0.2) is 18.3 Å². The van der Waals surface area contributed by atoms with Crippen molar-refractivity contribution in [3.63, 3.8) is 0 Å². The van der Waals surface area contributed by atoms with Gasteiger partial charge in [-0.2, -0.15) is 0 Å². The highest BCUT2D eigenvalue weighted by molar-refractivity contribution is 6.31. The molecule has 0 spiro atoms. The van der Waals surface area contributed by atoms with Crippen LogP contribution >= 0.6 is 11.6 Å². The predicted octanol–water partition coefficient (Wildman–Crippen LogP) is 3.19. The van der Waals surface area contributed by atoms with E-state index in [0.29, 0.717) is 35.3 Å². The summed E-state index contributed by atoms with van der Waals surface area (Å²) in [5, 5.41) is 10.9. The number of rotatable bonds is 2. The lowest BCUT2D eigenvalue weighted by Crippen LogP contribution is -2.16. The molecule has 0 aliphatic carbocycles. The molecule has 1 aliphatic rings. The predicted molar refractivity (Wildman–Crippen MR) is 72.9 cm³/mol. The molecule has 19 heavy (non-hydrogen) atoms. The lowest BCUT2D eigenvalue weighted by atomic mass is 10.0. The molecule has 0 radical (unpaired) electrons. The summed E-state index contributed by atoms with van der Waals surface area (Å²) in [5.41, 5.74) is 1.41. The van der Waals surface area contributed by atoms with Crippen LogP contribution in [0.1, 0.15) is 17.2 Å². The molecule has 2 aromatic rings. The minimum atomic E-state index is -0.774. The fourth-order valence-corrected chi connectivity index (χ4v) is 2.36. The molecule has 1 N–H and O–H groups in total. The van der Waals surface area contributed by atoms with Gasteiger partial charge in [-0.1, -0.05) is 41.9 Å². The standard InChI is InChI=1S/C15H13ClO3/c16-12-9-14-13(18-6-7-19-14)8-11(12)15(17)10-4-2-1-3-5-10/h1-5,8-9,15,17H,6-7H2. The minimum Gasteiger partial charge on any atom is -0.486 e. The molecule has 0 amide bonds. The topological polar surface area (TPSA) is 38.7 Å². The van der Waals surface area contributed by atoms with Gasteiger partial charge in [0, 0.05) is 11.6 Å². The molecule has 1 atom stereocenters. The van der Waals surface area contributed by atoms with Gasteiger partial charge in [0.05, 0.1) is 5.02 Å². The zero-order valence-corrected chi connectivity index (χ0v) is 10.9. The molecule has 2 aromatic carbocycles. The second-order valence-electron chi connectivity index (χ2n) is 4.33. The number of halogens is 1. The van der Waals surface area contributed by atoms with Gasteiger partial charge < -0.3 is 14.6 Å². The molecule has 0 bridgehead atoms. The van der Waals surface area contributed by atoms with Crippen molar-refractivity contribution in [1.29, 1.82) is 0 Å². The highest BCUT2D eigenvalue weighted by atomic mass is 35.5. The van der Waals surface area contributed by atoms with E-state index < -0.39 is 6.10 Å². The van der Waals surface area contributed by atoms with Crippen LogP contribution in [0.4, 0.5) is 0 Å². The summed E-state index contributed by atoms with van der Waals surface area (Å²) in [6.45, 7) is 1.03. The molecule has 4 heteroatoms. The number of aliphatic hydroxyl groups is 1. The van der Waals surface area contributed by atoms with Crippen molar-refractivity contribution < 1.29 is 14.6 Å². The SMILES string of the molecule is OC(c1ccccc1)c1cc2c(cc1Cl)OCCO2. The third-order valence-electron chi connectivity index (χ3n) is 3.07. The first-order chi connectivity index (χ1) is 9.25. The Kier molecular flexibility index (Phi) is 3.32. The molecule has 1 unspecified atom stereocenters. The highest BCUT2D eigenvalue weighted by Gasteiger charge is 2.20. The van der Waals surface area contributed by atoms with E-state index in [2.05, 4.69) is 0 Å². The second kappa shape index (κ2) is 5.11. The third kappa shape index (κ3) is 2.39. The maximum atomic E-state index is 10.4. The van der Waals surface area contributed by atoms with Gasteiger partial charge in [0.25, 0.3) is 0 Å². The summed E-state index contributed by atoms with van der Waals surface area (Å²) in [6, 6.07) is 12.8. The molecule has 0 aromatic heterocycles. The Hall–Kier alpha value is -1.71. The maximum Gasteiger partial charge on any atom is 0.162 e. The zero-order chi connectivity index (χ0) is 13.2. The van der Waals surface area contributed by atoms with Crippen LogP contribution in [0.2, 0.25) is 5.02 Å². The summed E-state index contributed by atoms with van der Waals surface area (Å²) in [5.74, 6) is 1.25. The Labute approximate surface area is 116 Å². The summed E-state index contributed by atoms with van der Waals surface area (Å²) in [6.07, 6.45) is -0.774. The Morgan fingerprint density at radius 3 is 2.32 bits per heavy atom. The van der Waals surface area contributed by atoms with Crippen molar-refractivity contribution in [2.75, 3.05) is 13.2 Å². The number of aliphatic hydroxyl groups excluding tert-OH is 1. The van der Waals surface area contributed by atoms with E-state index in [1.54, 1.807) is 12.1 Å². The average molecular weight is 277 g/mol. The van der Waals surface area contributed by atoms with Gasteiger partial charge in [0.15, 0.2) is 11.5 Å². The normalized spacial score (nSPS) is 15.1. The quantitative estimate of drug-likeness (QED) is 0.915. The first-order valence-corrected chi connectivity index (χ1v) is 6.45. The van der Waals surface area contributed by atoms with E-state index in [4.69, 9.17) is 21.1 Å². The first-order valence-electron chi connectivity index (χ1n) is 6.08. The van der Waals surface area contributed by atoms with E-state index in [1.165, 1.54) is 0 Å². The van der Waals surface area contributed by atoms with Crippen LogP contribution in [0.5, 0.6) is 11.5 Å². The summed E-state index contributed by atoms with van der Waals surface area (Å²) in [4.78, 5) is 0. The van der Waals surface area contributed by atoms with Crippen molar-refractivity contribution in [2.45, 2.75) is 6.10 Å². The average Bonchev–Trinajstić information content (AvgIpc) is 2.47. The van der Waals surface area contributed by atoms with Crippen molar-refractivity contribution in [2.24, 2.45) is 0 Å². The maximum absolute atomic E-state index is 10.4. The number of hydrogen-bond donors (Lipinski definition) is 1. The molecule has 1 heterocycles. The van der Waals surface area contributed by atoms with Crippen molar-refractivity contribution in [3.05, 3.63) is 58.6 Å². The second-order valence-corrected chi connectivity index (χ2v) is 4.74.